The van der Waals surface area contributed by atoms with Crippen molar-refractivity contribution in [1.29, 1.82) is 0 Å². The summed E-state index contributed by atoms with van der Waals surface area (Å²) in [6.45, 7) is 0.873. The van der Waals surface area contributed by atoms with E-state index in [-0.39, 0.29) is 6.61 Å². The first kappa shape index (κ1) is 18.2. The summed E-state index contributed by atoms with van der Waals surface area (Å²) in [4.78, 5) is 5.70. The van der Waals surface area contributed by atoms with Crippen molar-refractivity contribution >= 4 is 39.6 Å². The monoisotopic (exact) mass is 466 g/mol. The van der Waals surface area contributed by atoms with Gasteiger partial charge in [-0.25, -0.2) is 4.99 Å². The Morgan fingerprint density at radius 3 is 2.64 bits per heavy atom. The number of aliphatic hydroxyl groups excluding tert-OH is 1. The lowest BCUT2D eigenvalue weighted by Gasteiger charge is -2.09. The van der Waals surface area contributed by atoms with E-state index in [1.165, 1.54) is 3.57 Å². The van der Waals surface area contributed by atoms with Gasteiger partial charge >= 0.3 is 0 Å². The molecule has 3 aromatic rings. The van der Waals surface area contributed by atoms with E-state index in [1.807, 2.05) is 24.3 Å². The van der Waals surface area contributed by atoms with E-state index in [9.17, 15) is 5.11 Å². The number of nitrogens with zero attached hydrogens (tertiary/aromatic N) is 2. The molecule has 4 nitrogen and oxygen atoms in total. The van der Waals surface area contributed by atoms with E-state index in [0.29, 0.717) is 6.42 Å². The molecule has 1 aromatic heterocycles. The van der Waals surface area contributed by atoms with Gasteiger partial charge in [0.1, 0.15) is 11.4 Å². The maximum Gasteiger partial charge on any atom is 0.190 e. The van der Waals surface area contributed by atoms with Gasteiger partial charge < -0.3 is 14.4 Å². The minimum Gasteiger partial charge on any atom is -0.494 e. The maximum atomic E-state index is 9.26. The highest BCUT2D eigenvalue weighted by Gasteiger charge is 2.09. The number of para-hydroxylation sites is 2. The van der Waals surface area contributed by atoms with Gasteiger partial charge in [-0.05, 0) is 58.8 Å². The van der Waals surface area contributed by atoms with Crippen molar-refractivity contribution in [3.63, 3.8) is 0 Å². The van der Waals surface area contributed by atoms with E-state index >= 15 is 0 Å². The largest absolute Gasteiger partial charge is 0.494 e. The zero-order chi connectivity index (χ0) is 17.6. The Morgan fingerprint density at radius 1 is 1.16 bits per heavy atom. The first-order valence-corrected chi connectivity index (χ1v) is 9.91. The van der Waals surface area contributed by atoms with Crippen LogP contribution in [0.2, 0.25) is 0 Å². The highest BCUT2D eigenvalue weighted by molar-refractivity contribution is 14.1. The second-order valence-corrected chi connectivity index (χ2v) is 7.51. The van der Waals surface area contributed by atoms with Crippen molar-refractivity contribution in [3.8, 4) is 17.0 Å². The second-order valence-electron chi connectivity index (χ2n) is 5.42. The fraction of sp³-hybridized carbons (Fsp3) is 0.211. The zero-order valence-corrected chi connectivity index (χ0v) is 16.8. The quantitative estimate of drug-likeness (QED) is 0.546. The predicted octanol–water partition coefficient (Wildman–Crippen LogP) is 4.44. The van der Waals surface area contributed by atoms with E-state index in [0.717, 1.165) is 34.0 Å². The van der Waals surface area contributed by atoms with Crippen LogP contribution in [0.3, 0.4) is 0 Å². The van der Waals surface area contributed by atoms with E-state index in [4.69, 9.17) is 9.73 Å². The first-order valence-electron chi connectivity index (χ1n) is 7.96. The van der Waals surface area contributed by atoms with Crippen LogP contribution >= 0.6 is 33.9 Å². The third-order valence-electron chi connectivity index (χ3n) is 3.78. The number of benzene rings is 2. The standard InChI is InChI=1S/C19H19IN2O2S/c1-24-18-6-3-2-5-16(18)21-19-22(11-4-12-23)17(13-25-19)14-7-9-15(20)10-8-14/h2-3,5-10,13,23H,4,11-12H2,1H3. The molecule has 0 aliphatic carbocycles. The lowest BCUT2D eigenvalue weighted by molar-refractivity contribution is 0.279. The lowest BCUT2D eigenvalue weighted by atomic mass is 10.2. The first-order chi connectivity index (χ1) is 12.2. The molecule has 0 radical (unpaired) electrons. The Kier molecular flexibility index (Phi) is 6.28. The van der Waals surface area contributed by atoms with Crippen molar-refractivity contribution in [2.24, 2.45) is 4.99 Å². The number of hydrogen-bond donors (Lipinski definition) is 1. The van der Waals surface area contributed by atoms with Crippen LogP contribution in [0.15, 0.2) is 58.9 Å². The predicted molar refractivity (Wildman–Crippen MR) is 110 cm³/mol. The molecule has 6 heteroatoms. The Bertz CT molecular complexity index is 900. The molecule has 0 aliphatic rings. The van der Waals surface area contributed by atoms with Gasteiger partial charge in [0.05, 0.1) is 12.8 Å². The third kappa shape index (κ3) is 4.31. The smallest absolute Gasteiger partial charge is 0.190 e. The molecule has 0 atom stereocenters. The number of aliphatic hydroxyl groups is 1. The molecule has 0 aliphatic heterocycles. The van der Waals surface area contributed by atoms with Crippen LogP contribution in [0.5, 0.6) is 5.75 Å². The molecule has 25 heavy (non-hydrogen) atoms. The maximum absolute atomic E-state index is 9.26. The number of rotatable bonds is 6. The number of hydrogen-bond acceptors (Lipinski definition) is 4. The van der Waals surface area contributed by atoms with Crippen LogP contribution in [0, 0.1) is 3.57 Å². The molecule has 0 bridgehead atoms. The molecule has 130 valence electrons. The second kappa shape index (κ2) is 8.64. The summed E-state index contributed by atoms with van der Waals surface area (Å²) in [5, 5.41) is 11.4. The van der Waals surface area contributed by atoms with Crippen LogP contribution in [-0.4, -0.2) is 23.4 Å². The van der Waals surface area contributed by atoms with E-state index in [1.54, 1.807) is 18.4 Å². The molecule has 0 fully saturated rings. The molecule has 0 saturated heterocycles. The molecular formula is C19H19IN2O2S. The van der Waals surface area contributed by atoms with Crippen molar-refractivity contribution < 1.29 is 9.84 Å². The van der Waals surface area contributed by atoms with Gasteiger partial charge in [0, 0.05) is 22.1 Å². The summed E-state index contributed by atoms with van der Waals surface area (Å²) >= 11 is 3.90. The number of ether oxygens (including phenoxy) is 1. The zero-order valence-electron chi connectivity index (χ0n) is 13.9. The summed E-state index contributed by atoms with van der Waals surface area (Å²) in [7, 11) is 1.65. The molecule has 0 spiro atoms. The van der Waals surface area contributed by atoms with Gasteiger partial charge in [-0.15, -0.1) is 11.3 Å². The highest BCUT2D eigenvalue weighted by atomic mass is 127. The molecule has 1 heterocycles. The number of halogens is 1. The average molecular weight is 466 g/mol. The van der Waals surface area contributed by atoms with E-state index < -0.39 is 0 Å². The van der Waals surface area contributed by atoms with Gasteiger partial charge in [0.25, 0.3) is 0 Å². The van der Waals surface area contributed by atoms with Gasteiger partial charge in [-0.3, -0.25) is 0 Å². The highest BCUT2D eigenvalue weighted by Crippen LogP contribution is 2.27. The van der Waals surface area contributed by atoms with Crippen molar-refractivity contribution in [3.05, 3.63) is 62.3 Å². The SMILES string of the molecule is COc1ccccc1N=c1scc(-c2ccc(I)cc2)n1CCCO. The fourth-order valence-electron chi connectivity index (χ4n) is 2.54. The van der Waals surface area contributed by atoms with Crippen LogP contribution < -0.4 is 9.54 Å². The summed E-state index contributed by atoms with van der Waals surface area (Å²) in [5.41, 5.74) is 3.07. The molecule has 0 saturated carbocycles. The van der Waals surface area contributed by atoms with Crippen molar-refractivity contribution in [1.82, 2.24) is 4.57 Å². The molecule has 2 aromatic carbocycles. The van der Waals surface area contributed by atoms with Crippen molar-refractivity contribution in [2.75, 3.05) is 13.7 Å². The number of aromatic nitrogens is 1. The molecule has 1 N–H and O–H groups in total. The molecular weight excluding hydrogens is 447 g/mol. The molecule has 0 unspecified atom stereocenters. The molecule has 0 amide bonds. The number of methoxy groups -OCH3 is 1. The minimum absolute atomic E-state index is 0.156. The van der Waals surface area contributed by atoms with Crippen LogP contribution in [0.25, 0.3) is 11.3 Å². The molecule has 3 rings (SSSR count). The Hall–Kier alpha value is -1.64. The summed E-state index contributed by atoms with van der Waals surface area (Å²) < 4.78 is 8.77. The third-order valence-corrected chi connectivity index (χ3v) is 5.36. The summed E-state index contributed by atoms with van der Waals surface area (Å²) in [5.74, 6) is 0.750. The van der Waals surface area contributed by atoms with Crippen LogP contribution in [0.4, 0.5) is 5.69 Å². The van der Waals surface area contributed by atoms with Gasteiger partial charge in [0.15, 0.2) is 4.80 Å². The normalized spacial score (nSPS) is 11.7. The van der Waals surface area contributed by atoms with Crippen molar-refractivity contribution in [2.45, 2.75) is 13.0 Å². The summed E-state index contributed by atoms with van der Waals surface area (Å²) in [6.07, 6.45) is 0.688. The van der Waals surface area contributed by atoms with Crippen LogP contribution in [-0.2, 0) is 6.54 Å². The van der Waals surface area contributed by atoms with Gasteiger partial charge in [-0.1, -0.05) is 24.3 Å². The Labute approximate surface area is 164 Å². The number of thiazole rings is 1. The van der Waals surface area contributed by atoms with E-state index in [2.05, 4.69) is 56.8 Å². The van der Waals surface area contributed by atoms with Gasteiger partial charge in [0.2, 0.25) is 0 Å². The topological polar surface area (TPSA) is 46.8 Å². The fourth-order valence-corrected chi connectivity index (χ4v) is 3.85. The minimum atomic E-state index is 0.156. The Balaban J connectivity index is 2.10. The average Bonchev–Trinajstić information content (AvgIpc) is 3.03. The van der Waals surface area contributed by atoms with Crippen LogP contribution in [0.1, 0.15) is 6.42 Å². The van der Waals surface area contributed by atoms with Gasteiger partial charge in [-0.2, -0.15) is 0 Å². The Morgan fingerprint density at radius 2 is 1.92 bits per heavy atom. The lowest BCUT2D eigenvalue weighted by Crippen LogP contribution is -2.16. The summed E-state index contributed by atoms with van der Waals surface area (Å²) in [6, 6.07) is 16.2.